The molecule has 2 heterocycles. The minimum Gasteiger partial charge on any atom is -0.507 e. The number of aromatic nitrogens is 1. The largest absolute Gasteiger partial charge is 0.507 e. The average molecular weight is 449 g/mol. The molecule has 0 aliphatic carbocycles. The van der Waals surface area contributed by atoms with Gasteiger partial charge in [0.05, 0.1) is 18.7 Å². The number of rotatable bonds is 7. The van der Waals surface area contributed by atoms with Crippen molar-refractivity contribution in [2.75, 3.05) is 18.6 Å². The Morgan fingerprint density at radius 1 is 1.22 bits per heavy atom. The predicted molar refractivity (Wildman–Crippen MR) is 122 cm³/mol. The Labute approximate surface area is 188 Å². The minimum atomic E-state index is -0.865. The van der Waals surface area contributed by atoms with Crippen LogP contribution in [0, 0.1) is 0 Å². The van der Waals surface area contributed by atoms with Gasteiger partial charge in [0.25, 0.3) is 5.78 Å². The van der Waals surface area contributed by atoms with Gasteiger partial charge in [0.15, 0.2) is 5.13 Å². The summed E-state index contributed by atoms with van der Waals surface area (Å²) in [5, 5.41) is 13.2. The van der Waals surface area contributed by atoms with E-state index in [0.717, 1.165) is 0 Å². The fourth-order valence-corrected chi connectivity index (χ4v) is 4.18. The molecule has 1 unspecified atom stereocenters. The molecule has 1 amide bonds. The van der Waals surface area contributed by atoms with E-state index in [0.29, 0.717) is 34.4 Å². The molecule has 1 N–H and O–H groups in total. The molecule has 0 radical (unpaired) electrons. The Morgan fingerprint density at radius 3 is 2.66 bits per heavy atom. The highest BCUT2D eigenvalue weighted by Crippen LogP contribution is 2.43. The number of hydrogen-bond donors (Lipinski definition) is 1. The smallest absolute Gasteiger partial charge is 0.301 e. The van der Waals surface area contributed by atoms with Crippen LogP contribution < -0.4 is 14.4 Å². The number of methoxy groups -OCH3 is 1. The van der Waals surface area contributed by atoms with E-state index >= 15 is 0 Å². The van der Waals surface area contributed by atoms with E-state index < -0.39 is 17.7 Å². The summed E-state index contributed by atoms with van der Waals surface area (Å²) in [6.45, 7) is 3.95. The molecule has 0 bridgehead atoms. The summed E-state index contributed by atoms with van der Waals surface area (Å²) >= 11 is 1.23. The summed E-state index contributed by atoms with van der Waals surface area (Å²) in [5.74, 6) is -0.647. The lowest BCUT2D eigenvalue weighted by Gasteiger charge is -2.23. The highest BCUT2D eigenvalue weighted by atomic mass is 32.1. The van der Waals surface area contributed by atoms with E-state index in [-0.39, 0.29) is 11.3 Å². The number of amides is 1. The summed E-state index contributed by atoms with van der Waals surface area (Å²) < 4.78 is 10.8. The molecular formula is C24H20N2O5S. The van der Waals surface area contributed by atoms with Gasteiger partial charge in [-0.2, -0.15) is 0 Å². The molecule has 1 aromatic heterocycles. The van der Waals surface area contributed by atoms with Gasteiger partial charge in [-0.25, -0.2) is 4.98 Å². The van der Waals surface area contributed by atoms with Gasteiger partial charge >= 0.3 is 5.91 Å². The first-order valence-corrected chi connectivity index (χ1v) is 10.6. The molecule has 1 saturated heterocycles. The fourth-order valence-electron chi connectivity index (χ4n) is 3.51. The van der Waals surface area contributed by atoms with Gasteiger partial charge < -0.3 is 14.6 Å². The van der Waals surface area contributed by atoms with Crippen molar-refractivity contribution in [1.82, 2.24) is 4.98 Å². The second-order valence-electron chi connectivity index (χ2n) is 6.88. The fraction of sp³-hybridized carbons (Fsp3) is 0.125. The molecule has 162 valence electrons. The van der Waals surface area contributed by atoms with Crippen molar-refractivity contribution in [3.63, 3.8) is 0 Å². The minimum absolute atomic E-state index is 0.0174. The summed E-state index contributed by atoms with van der Waals surface area (Å²) in [5.41, 5.74) is 0.985. The summed E-state index contributed by atoms with van der Waals surface area (Å²) in [4.78, 5) is 31.7. The Kier molecular flexibility index (Phi) is 6.04. The lowest BCUT2D eigenvalue weighted by molar-refractivity contribution is -0.132. The van der Waals surface area contributed by atoms with E-state index in [2.05, 4.69) is 11.6 Å². The third-order valence-corrected chi connectivity index (χ3v) is 5.75. The van der Waals surface area contributed by atoms with Gasteiger partial charge in [-0.05, 0) is 42.0 Å². The molecule has 1 aliphatic rings. The number of carbonyl (C=O) groups excluding carboxylic acids is 2. The molecule has 1 atom stereocenters. The number of hydrogen-bond acceptors (Lipinski definition) is 7. The average Bonchev–Trinajstić information content (AvgIpc) is 3.44. The monoisotopic (exact) mass is 448 g/mol. The first-order valence-electron chi connectivity index (χ1n) is 9.73. The zero-order chi connectivity index (χ0) is 22.7. The van der Waals surface area contributed by atoms with Crippen LogP contribution in [0.25, 0.3) is 5.76 Å². The molecule has 1 aliphatic heterocycles. The van der Waals surface area contributed by atoms with Crippen molar-refractivity contribution in [3.05, 3.63) is 89.5 Å². The third-order valence-electron chi connectivity index (χ3n) is 4.97. The van der Waals surface area contributed by atoms with Crippen LogP contribution in [0.5, 0.6) is 11.5 Å². The van der Waals surface area contributed by atoms with E-state index in [9.17, 15) is 14.7 Å². The van der Waals surface area contributed by atoms with Crippen molar-refractivity contribution in [2.24, 2.45) is 0 Å². The quantitative estimate of drug-likeness (QED) is 0.250. The maximum absolute atomic E-state index is 13.1. The van der Waals surface area contributed by atoms with Gasteiger partial charge in [-0.1, -0.05) is 24.8 Å². The number of aliphatic hydroxyl groups is 1. The van der Waals surface area contributed by atoms with E-state index in [1.165, 1.54) is 23.3 Å². The Morgan fingerprint density at radius 2 is 2.00 bits per heavy atom. The maximum Gasteiger partial charge on any atom is 0.301 e. The molecule has 7 nitrogen and oxygen atoms in total. The lowest BCUT2D eigenvalue weighted by Crippen LogP contribution is -2.29. The SMILES string of the molecule is C=CCOc1cccc(C2/C(=C(\O)c3ccc(OC)cc3)C(=O)C(=O)N2c2nccs2)c1. The van der Waals surface area contributed by atoms with Crippen LogP contribution in [0.4, 0.5) is 5.13 Å². The van der Waals surface area contributed by atoms with E-state index in [1.807, 2.05) is 0 Å². The second-order valence-corrected chi connectivity index (χ2v) is 7.76. The molecule has 0 spiro atoms. The molecule has 4 rings (SSSR count). The maximum atomic E-state index is 13.1. The van der Waals surface area contributed by atoms with Crippen LogP contribution in [0.15, 0.2) is 78.3 Å². The number of benzene rings is 2. The predicted octanol–water partition coefficient (Wildman–Crippen LogP) is 4.34. The second kappa shape index (κ2) is 9.07. The number of nitrogens with zero attached hydrogens (tertiary/aromatic N) is 2. The number of carbonyl (C=O) groups is 2. The number of Topliss-reactive ketones (excluding diaryl/α,β-unsaturated/α-hetero) is 1. The molecule has 0 saturated carbocycles. The van der Waals surface area contributed by atoms with Crippen LogP contribution in [-0.4, -0.2) is 35.5 Å². The standard InChI is InChI=1S/C24H20N2O5S/c1-3-12-31-18-6-4-5-16(14-18)20-19(21(27)15-7-9-17(30-2)10-8-15)22(28)23(29)26(20)24-25-11-13-32-24/h3-11,13-14,20,27H,1,12H2,2H3/b21-19+. The van der Waals surface area contributed by atoms with Crippen molar-refractivity contribution in [3.8, 4) is 11.5 Å². The zero-order valence-electron chi connectivity index (χ0n) is 17.2. The molecule has 1 fully saturated rings. The highest BCUT2D eigenvalue weighted by molar-refractivity contribution is 7.14. The summed E-state index contributed by atoms with van der Waals surface area (Å²) in [6.07, 6.45) is 3.18. The molecule has 3 aromatic rings. The summed E-state index contributed by atoms with van der Waals surface area (Å²) in [7, 11) is 1.54. The normalized spacial score (nSPS) is 17.4. The Bertz CT molecular complexity index is 1190. The Balaban J connectivity index is 1.88. The number of ether oxygens (including phenoxy) is 2. The molecular weight excluding hydrogens is 428 g/mol. The number of aliphatic hydroxyl groups excluding tert-OH is 1. The van der Waals surface area contributed by atoms with Gasteiger partial charge in [-0.15, -0.1) is 11.3 Å². The topological polar surface area (TPSA) is 89.0 Å². The molecule has 2 aromatic carbocycles. The van der Waals surface area contributed by atoms with Crippen molar-refractivity contribution < 1.29 is 24.2 Å². The van der Waals surface area contributed by atoms with Crippen LogP contribution in [-0.2, 0) is 9.59 Å². The Hall–Kier alpha value is -3.91. The molecule has 8 heteroatoms. The number of anilines is 1. The summed E-state index contributed by atoms with van der Waals surface area (Å²) in [6, 6.07) is 12.8. The van der Waals surface area contributed by atoms with Crippen LogP contribution in [0.3, 0.4) is 0 Å². The number of thiazole rings is 1. The van der Waals surface area contributed by atoms with Gasteiger partial charge in [0.1, 0.15) is 23.9 Å². The first-order chi connectivity index (χ1) is 15.5. The highest BCUT2D eigenvalue weighted by Gasteiger charge is 2.48. The van der Waals surface area contributed by atoms with Gasteiger partial charge in [0, 0.05) is 17.1 Å². The van der Waals surface area contributed by atoms with Crippen molar-refractivity contribution in [1.29, 1.82) is 0 Å². The molecule has 32 heavy (non-hydrogen) atoms. The number of ketones is 1. The van der Waals surface area contributed by atoms with Crippen molar-refractivity contribution in [2.45, 2.75) is 6.04 Å². The zero-order valence-corrected chi connectivity index (χ0v) is 18.0. The van der Waals surface area contributed by atoms with Gasteiger partial charge in [-0.3, -0.25) is 14.5 Å². The van der Waals surface area contributed by atoms with Crippen LogP contribution in [0.1, 0.15) is 17.2 Å². The first kappa shape index (κ1) is 21.3. The van der Waals surface area contributed by atoms with E-state index in [4.69, 9.17) is 9.47 Å². The third kappa shape index (κ3) is 3.88. The van der Waals surface area contributed by atoms with Crippen LogP contribution >= 0.6 is 11.3 Å². The van der Waals surface area contributed by atoms with Gasteiger partial charge in [0.2, 0.25) is 0 Å². The van der Waals surface area contributed by atoms with Crippen molar-refractivity contribution >= 4 is 33.9 Å². The van der Waals surface area contributed by atoms with E-state index in [1.54, 1.807) is 66.2 Å². The van der Waals surface area contributed by atoms with Crippen LogP contribution in [0.2, 0.25) is 0 Å². The lowest BCUT2D eigenvalue weighted by atomic mass is 9.95.